The number of carbonyl (C=O) groups excluding carboxylic acids is 1. The molecule has 0 unspecified atom stereocenters. The first-order valence-electron chi connectivity index (χ1n) is 6.98. The van der Waals surface area contributed by atoms with Crippen LogP contribution in [0.4, 0.5) is 0 Å². The molecule has 0 amide bonds. The van der Waals surface area contributed by atoms with Gasteiger partial charge in [-0.3, -0.25) is 4.79 Å². The Morgan fingerprint density at radius 1 is 1.21 bits per heavy atom. The van der Waals surface area contributed by atoms with Crippen molar-refractivity contribution < 1.29 is 14.3 Å². The van der Waals surface area contributed by atoms with Crippen molar-refractivity contribution in [2.24, 2.45) is 0 Å². The van der Waals surface area contributed by atoms with E-state index in [1.54, 1.807) is 6.92 Å². The van der Waals surface area contributed by atoms with Crippen LogP contribution in [-0.2, 0) is 20.7 Å². The van der Waals surface area contributed by atoms with E-state index >= 15 is 0 Å². The highest BCUT2D eigenvalue weighted by Crippen LogP contribution is 2.24. The van der Waals surface area contributed by atoms with Gasteiger partial charge >= 0.3 is 0 Å². The maximum atomic E-state index is 11.2. The Labute approximate surface area is 114 Å². The lowest BCUT2D eigenvalue weighted by Crippen LogP contribution is -2.37. The van der Waals surface area contributed by atoms with Crippen LogP contribution in [0.3, 0.4) is 0 Å². The topological polar surface area (TPSA) is 35.5 Å². The second kappa shape index (κ2) is 6.83. The van der Waals surface area contributed by atoms with E-state index in [2.05, 4.69) is 24.3 Å². The van der Waals surface area contributed by atoms with E-state index in [4.69, 9.17) is 9.47 Å². The number of rotatable bonds is 5. The summed E-state index contributed by atoms with van der Waals surface area (Å²) in [7, 11) is 0. The van der Waals surface area contributed by atoms with Crippen molar-refractivity contribution in [2.75, 3.05) is 0 Å². The van der Waals surface area contributed by atoms with Gasteiger partial charge in [0.2, 0.25) is 0 Å². The van der Waals surface area contributed by atoms with Crippen molar-refractivity contribution in [1.29, 1.82) is 0 Å². The molecule has 1 saturated heterocycles. The quantitative estimate of drug-likeness (QED) is 0.818. The summed E-state index contributed by atoms with van der Waals surface area (Å²) in [6, 6.07) is 10.4. The highest BCUT2D eigenvalue weighted by Gasteiger charge is 2.28. The molecule has 0 spiro atoms. The normalized spacial score (nSPS) is 27.2. The van der Waals surface area contributed by atoms with Crippen LogP contribution < -0.4 is 0 Å². The third-order valence-corrected chi connectivity index (χ3v) is 3.41. The molecule has 2 rings (SSSR count). The molecular weight excluding hydrogens is 240 g/mol. The summed E-state index contributed by atoms with van der Waals surface area (Å²) in [5, 5.41) is 0. The monoisotopic (exact) mass is 262 g/mol. The van der Waals surface area contributed by atoms with Crippen molar-refractivity contribution in [1.82, 2.24) is 0 Å². The molecule has 0 N–H and O–H groups in total. The minimum absolute atomic E-state index is 0.0158. The van der Waals surface area contributed by atoms with E-state index in [1.165, 1.54) is 5.56 Å². The van der Waals surface area contributed by atoms with E-state index in [-0.39, 0.29) is 24.3 Å². The van der Waals surface area contributed by atoms with Gasteiger partial charge in [0.05, 0.1) is 12.2 Å². The van der Waals surface area contributed by atoms with Crippen molar-refractivity contribution in [3.63, 3.8) is 0 Å². The summed E-state index contributed by atoms with van der Waals surface area (Å²) in [4.78, 5) is 11.2. The molecule has 0 radical (unpaired) electrons. The Morgan fingerprint density at radius 3 is 2.58 bits per heavy atom. The van der Waals surface area contributed by atoms with Crippen LogP contribution in [0.1, 0.15) is 38.7 Å². The van der Waals surface area contributed by atoms with E-state index in [1.807, 2.05) is 13.0 Å². The lowest BCUT2D eigenvalue weighted by atomic mass is 9.99. The summed E-state index contributed by atoms with van der Waals surface area (Å²) in [6.45, 7) is 3.52. The Morgan fingerprint density at radius 2 is 1.89 bits per heavy atom. The molecule has 1 aromatic rings. The fourth-order valence-electron chi connectivity index (χ4n) is 2.59. The number of ketones is 1. The standard InChI is InChI=1S/C16H22O3/c1-12(17)10-16-11-15(18-13(2)19-16)9-8-14-6-4-3-5-7-14/h3-7,13,15-16H,8-11H2,1-2H3/t13-,15-,16+/m1/s1. The molecule has 3 heteroatoms. The lowest BCUT2D eigenvalue weighted by Gasteiger charge is -2.34. The van der Waals surface area contributed by atoms with Gasteiger partial charge < -0.3 is 9.47 Å². The molecule has 0 saturated carbocycles. The Balaban J connectivity index is 1.84. The fraction of sp³-hybridized carbons (Fsp3) is 0.562. The van der Waals surface area contributed by atoms with Gasteiger partial charge in [-0.25, -0.2) is 0 Å². The Hall–Kier alpha value is -1.19. The summed E-state index contributed by atoms with van der Waals surface area (Å²) in [5.41, 5.74) is 1.33. The molecule has 1 aromatic carbocycles. The summed E-state index contributed by atoms with van der Waals surface area (Å²) in [6.07, 6.45) is 3.29. The predicted octanol–water partition coefficient (Wildman–Crippen LogP) is 3.12. The van der Waals surface area contributed by atoms with Gasteiger partial charge in [0.1, 0.15) is 5.78 Å². The third kappa shape index (κ3) is 4.77. The first kappa shape index (κ1) is 14.2. The first-order valence-corrected chi connectivity index (χ1v) is 6.98. The van der Waals surface area contributed by atoms with E-state index in [0.717, 1.165) is 19.3 Å². The Kier molecular flexibility index (Phi) is 5.11. The largest absolute Gasteiger partial charge is 0.350 e. The second-order valence-electron chi connectivity index (χ2n) is 5.25. The zero-order chi connectivity index (χ0) is 13.7. The van der Waals surface area contributed by atoms with E-state index in [0.29, 0.717) is 6.42 Å². The molecule has 1 fully saturated rings. The number of ether oxygens (including phenoxy) is 2. The summed E-state index contributed by atoms with van der Waals surface area (Å²) >= 11 is 0. The van der Waals surface area contributed by atoms with Gasteiger partial charge in [-0.1, -0.05) is 30.3 Å². The van der Waals surface area contributed by atoms with Gasteiger partial charge in [-0.2, -0.15) is 0 Å². The van der Waals surface area contributed by atoms with Crippen LogP contribution in [0, 0.1) is 0 Å². The van der Waals surface area contributed by atoms with Crippen LogP contribution >= 0.6 is 0 Å². The molecular formula is C16H22O3. The van der Waals surface area contributed by atoms with Gasteiger partial charge in [-0.05, 0) is 32.3 Å². The van der Waals surface area contributed by atoms with Crippen LogP contribution in [0.25, 0.3) is 0 Å². The SMILES string of the molecule is CC(=O)C[C@H]1C[C@@H](CCc2ccccc2)O[C@@H](C)O1. The molecule has 0 aromatic heterocycles. The van der Waals surface area contributed by atoms with Crippen LogP contribution in [0.5, 0.6) is 0 Å². The maximum absolute atomic E-state index is 11.2. The highest BCUT2D eigenvalue weighted by atomic mass is 16.7. The van der Waals surface area contributed by atoms with Gasteiger partial charge in [0.15, 0.2) is 6.29 Å². The van der Waals surface area contributed by atoms with Gasteiger partial charge in [0, 0.05) is 12.8 Å². The number of benzene rings is 1. The summed E-state index contributed by atoms with van der Waals surface area (Å²) in [5.74, 6) is 0.181. The number of Topliss-reactive ketones (excluding diaryl/α,β-unsaturated/α-hetero) is 1. The molecule has 0 aliphatic carbocycles. The summed E-state index contributed by atoms with van der Waals surface area (Å²) < 4.78 is 11.4. The lowest BCUT2D eigenvalue weighted by molar-refractivity contribution is -0.234. The zero-order valence-corrected chi connectivity index (χ0v) is 11.7. The first-order chi connectivity index (χ1) is 9.13. The highest BCUT2D eigenvalue weighted by molar-refractivity contribution is 5.75. The van der Waals surface area contributed by atoms with Crippen molar-refractivity contribution in [3.05, 3.63) is 35.9 Å². The van der Waals surface area contributed by atoms with Gasteiger partial charge in [-0.15, -0.1) is 0 Å². The third-order valence-electron chi connectivity index (χ3n) is 3.41. The minimum Gasteiger partial charge on any atom is -0.350 e. The van der Waals surface area contributed by atoms with Crippen LogP contribution in [-0.4, -0.2) is 24.3 Å². The predicted molar refractivity (Wildman–Crippen MR) is 73.9 cm³/mol. The maximum Gasteiger partial charge on any atom is 0.155 e. The van der Waals surface area contributed by atoms with E-state index in [9.17, 15) is 4.79 Å². The fourth-order valence-corrected chi connectivity index (χ4v) is 2.59. The van der Waals surface area contributed by atoms with E-state index < -0.39 is 0 Å². The van der Waals surface area contributed by atoms with Gasteiger partial charge in [0.25, 0.3) is 0 Å². The molecule has 3 nitrogen and oxygen atoms in total. The average Bonchev–Trinajstić information content (AvgIpc) is 2.36. The van der Waals surface area contributed by atoms with Crippen molar-refractivity contribution in [3.8, 4) is 0 Å². The molecule has 104 valence electrons. The minimum atomic E-state index is -0.209. The molecule has 1 aliphatic rings. The molecule has 3 atom stereocenters. The van der Waals surface area contributed by atoms with Crippen LogP contribution in [0.2, 0.25) is 0 Å². The number of hydrogen-bond acceptors (Lipinski definition) is 3. The average molecular weight is 262 g/mol. The zero-order valence-electron chi connectivity index (χ0n) is 11.7. The second-order valence-corrected chi connectivity index (χ2v) is 5.25. The van der Waals surface area contributed by atoms with Crippen LogP contribution in [0.15, 0.2) is 30.3 Å². The van der Waals surface area contributed by atoms with Crippen molar-refractivity contribution in [2.45, 2.75) is 58.0 Å². The Bertz CT molecular complexity index is 402. The molecule has 0 bridgehead atoms. The number of aryl methyl sites for hydroxylation is 1. The molecule has 1 aliphatic heterocycles. The number of carbonyl (C=O) groups is 1. The smallest absolute Gasteiger partial charge is 0.155 e. The van der Waals surface area contributed by atoms with Crippen molar-refractivity contribution >= 4 is 5.78 Å². The number of hydrogen-bond donors (Lipinski definition) is 0. The molecule has 1 heterocycles. The molecule has 19 heavy (non-hydrogen) atoms.